The molecule has 1 fully saturated rings. The minimum atomic E-state index is -2.95. The van der Waals surface area contributed by atoms with Crippen molar-refractivity contribution in [2.45, 2.75) is 20.0 Å². The van der Waals surface area contributed by atoms with Gasteiger partial charge in [0.1, 0.15) is 29.6 Å². The van der Waals surface area contributed by atoms with E-state index in [9.17, 15) is 18.4 Å². The second-order valence-electron chi connectivity index (χ2n) is 11.2. The lowest BCUT2D eigenvalue weighted by molar-refractivity contribution is -0.139. The van der Waals surface area contributed by atoms with Gasteiger partial charge in [0.05, 0.1) is 37.6 Å². The Labute approximate surface area is 258 Å². The van der Waals surface area contributed by atoms with Crippen molar-refractivity contribution in [1.82, 2.24) is 0 Å². The Kier molecular flexibility index (Phi) is 8.77. The first kappa shape index (κ1) is 30.2. The Morgan fingerprint density at radius 3 is 1.73 bits per heavy atom. The van der Waals surface area contributed by atoms with Gasteiger partial charge in [0, 0.05) is 5.41 Å². The molecule has 1 aliphatic heterocycles. The largest absolute Gasteiger partial charge is 0.491 e. The number of rotatable bonds is 12. The van der Waals surface area contributed by atoms with Crippen molar-refractivity contribution >= 4 is 11.9 Å². The molecule has 0 spiro atoms. The predicted molar refractivity (Wildman–Crippen MR) is 159 cm³/mol. The molecule has 2 aliphatic rings. The minimum Gasteiger partial charge on any atom is -0.491 e. The monoisotopic (exact) mass is 616 g/mol. The van der Waals surface area contributed by atoms with Gasteiger partial charge >= 0.3 is 18.6 Å². The average molecular weight is 617 g/mol. The molecule has 4 aromatic carbocycles. The molecule has 4 aromatic rings. The van der Waals surface area contributed by atoms with E-state index in [0.29, 0.717) is 49.1 Å². The van der Waals surface area contributed by atoms with Gasteiger partial charge in [-0.1, -0.05) is 19.1 Å². The molecule has 8 nitrogen and oxygen atoms in total. The Balaban J connectivity index is 1.01. The van der Waals surface area contributed by atoms with E-state index in [1.165, 1.54) is 24.3 Å². The lowest BCUT2D eigenvalue weighted by atomic mass is 9.90. The van der Waals surface area contributed by atoms with E-state index in [1.54, 1.807) is 42.5 Å². The standard InChI is InChI=1S/C35H30F2O8/c1-35(20-41-21-35)19-40-14-15-42-26-6-2-22(3-7-26)32(38)43-28-10-12-30-24(17-28)16-25-18-29(11-13-31(25)30)44-33(39)23-4-8-27(9-5-23)45-34(36)37/h2-13,17-18,34H,14-16,19-21H2,1H3. The topological polar surface area (TPSA) is 89.5 Å². The number of esters is 2. The van der Waals surface area contributed by atoms with Gasteiger partial charge in [-0.2, -0.15) is 8.78 Å². The van der Waals surface area contributed by atoms with Crippen LogP contribution in [0.15, 0.2) is 84.9 Å². The fourth-order valence-electron chi connectivity index (χ4n) is 5.15. The molecule has 1 saturated heterocycles. The van der Waals surface area contributed by atoms with E-state index in [-0.39, 0.29) is 16.7 Å². The molecule has 0 bridgehead atoms. The summed E-state index contributed by atoms with van der Waals surface area (Å²) in [5.74, 6) is 0.239. The molecule has 1 heterocycles. The lowest BCUT2D eigenvalue weighted by Gasteiger charge is -2.37. The van der Waals surface area contributed by atoms with E-state index >= 15 is 0 Å². The van der Waals surface area contributed by atoms with Crippen LogP contribution in [0.4, 0.5) is 8.78 Å². The fraction of sp³-hybridized carbons (Fsp3) is 0.257. The summed E-state index contributed by atoms with van der Waals surface area (Å²) in [6.07, 6.45) is 0.559. The fourth-order valence-corrected chi connectivity index (χ4v) is 5.15. The van der Waals surface area contributed by atoms with Gasteiger partial charge in [-0.3, -0.25) is 0 Å². The van der Waals surface area contributed by atoms with Crippen LogP contribution < -0.4 is 18.9 Å². The summed E-state index contributed by atoms with van der Waals surface area (Å²) in [6.45, 7) is 2.11. The molecule has 232 valence electrons. The lowest BCUT2D eigenvalue weighted by Crippen LogP contribution is -2.43. The highest BCUT2D eigenvalue weighted by Crippen LogP contribution is 2.40. The van der Waals surface area contributed by atoms with E-state index in [1.807, 2.05) is 18.2 Å². The Morgan fingerprint density at radius 2 is 1.24 bits per heavy atom. The summed E-state index contributed by atoms with van der Waals surface area (Å²) in [4.78, 5) is 25.4. The number of carbonyl (C=O) groups excluding carboxylic acids is 2. The normalized spacial score (nSPS) is 14.2. The number of hydrogen-bond donors (Lipinski definition) is 0. The maximum absolute atomic E-state index is 12.8. The van der Waals surface area contributed by atoms with Crippen molar-refractivity contribution in [3.05, 3.63) is 107 Å². The first-order valence-electron chi connectivity index (χ1n) is 14.4. The van der Waals surface area contributed by atoms with Crippen molar-refractivity contribution < 1.29 is 46.8 Å². The van der Waals surface area contributed by atoms with Gasteiger partial charge in [-0.05, 0) is 101 Å². The number of benzene rings is 4. The summed E-state index contributed by atoms with van der Waals surface area (Å²) in [6, 6.07) is 22.9. The number of fused-ring (bicyclic) bond motifs is 3. The average Bonchev–Trinajstić information content (AvgIpc) is 3.37. The van der Waals surface area contributed by atoms with Crippen molar-refractivity contribution in [3.63, 3.8) is 0 Å². The maximum atomic E-state index is 12.8. The number of alkyl halides is 2. The molecule has 0 aromatic heterocycles. The zero-order valence-electron chi connectivity index (χ0n) is 24.4. The van der Waals surface area contributed by atoms with Gasteiger partial charge in [0.15, 0.2) is 0 Å². The van der Waals surface area contributed by atoms with Crippen LogP contribution in [0, 0.1) is 5.41 Å². The quantitative estimate of drug-likeness (QED) is 0.0867. The number of carbonyl (C=O) groups is 2. The van der Waals surface area contributed by atoms with E-state index in [0.717, 1.165) is 35.5 Å². The van der Waals surface area contributed by atoms with E-state index in [4.69, 9.17) is 23.7 Å². The number of halogens is 2. The second-order valence-corrected chi connectivity index (χ2v) is 11.2. The van der Waals surface area contributed by atoms with Crippen LogP contribution in [-0.2, 0) is 15.9 Å². The summed E-state index contributed by atoms with van der Waals surface area (Å²) in [7, 11) is 0. The third-order valence-corrected chi connectivity index (χ3v) is 7.50. The van der Waals surface area contributed by atoms with Crippen molar-refractivity contribution in [2.75, 3.05) is 33.0 Å². The SMILES string of the molecule is CC1(COCCOc2ccc(C(=O)Oc3ccc4c(c3)Cc3cc(OC(=O)c5ccc(OC(F)F)cc5)ccc3-4)cc2)COC1. The van der Waals surface area contributed by atoms with E-state index < -0.39 is 18.6 Å². The number of hydrogen-bond acceptors (Lipinski definition) is 8. The van der Waals surface area contributed by atoms with Gasteiger partial charge in [0.25, 0.3) is 0 Å². The van der Waals surface area contributed by atoms with Crippen LogP contribution in [0.2, 0.25) is 0 Å². The highest BCUT2D eigenvalue weighted by Gasteiger charge is 2.33. The van der Waals surface area contributed by atoms with Gasteiger partial charge in [0.2, 0.25) is 0 Å². The molecule has 0 amide bonds. The molecule has 0 saturated carbocycles. The first-order chi connectivity index (χ1) is 21.7. The third-order valence-electron chi connectivity index (χ3n) is 7.50. The minimum absolute atomic E-state index is 0.0490. The van der Waals surface area contributed by atoms with Crippen LogP contribution in [0.5, 0.6) is 23.0 Å². The highest BCUT2D eigenvalue weighted by atomic mass is 19.3. The predicted octanol–water partition coefficient (Wildman–Crippen LogP) is 6.73. The highest BCUT2D eigenvalue weighted by molar-refractivity contribution is 5.92. The van der Waals surface area contributed by atoms with Gasteiger partial charge in [-0.15, -0.1) is 0 Å². The van der Waals surface area contributed by atoms with Crippen molar-refractivity contribution in [2.24, 2.45) is 5.41 Å². The molecule has 45 heavy (non-hydrogen) atoms. The Bertz CT molecular complexity index is 1680. The van der Waals surface area contributed by atoms with Crippen molar-refractivity contribution in [3.8, 4) is 34.1 Å². The smallest absolute Gasteiger partial charge is 0.387 e. The summed E-state index contributed by atoms with van der Waals surface area (Å²) in [5.41, 5.74) is 4.60. The molecule has 10 heteroatoms. The van der Waals surface area contributed by atoms with Crippen LogP contribution >= 0.6 is 0 Å². The van der Waals surface area contributed by atoms with Crippen LogP contribution in [-0.4, -0.2) is 51.6 Å². The van der Waals surface area contributed by atoms with E-state index in [2.05, 4.69) is 11.7 Å². The van der Waals surface area contributed by atoms with Crippen molar-refractivity contribution in [1.29, 1.82) is 0 Å². The molecule has 6 rings (SSSR count). The molecule has 0 N–H and O–H groups in total. The Hall–Kier alpha value is -4.80. The molecule has 0 unspecified atom stereocenters. The molecule has 0 atom stereocenters. The van der Waals surface area contributed by atoms with Gasteiger partial charge < -0.3 is 28.4 Å². The molecular formula is C35H30F2O8. The van der Waals surface area contributed by atoms with Gasteiger partial charge in [-0.25, -0.2) is 9.59 Å². The Morgan fingerprint density at radius 1 is 0.733 bits per heavy atom. The first-order valence-corrected chi connectivity index (χ1v) is 14.4. The van der Waals surface area contributed by atoms with Crippen LogP contribution in [0.3, 0.4) is 0 Å². The maximum Gasteiger partial charge on any atom is 0.387 e. The zero-order valence-corrected chi connectivity index (χ0v) is 24.4. The third kappa shape index (κ3) is 7.30. The van der Waals surface area contributed by atoms with Crippen LogP contribution in [0.1, 0.15) is 38.8 Å². The van der Waals surface area contributed by atoms with Crippen LogP contribution in [0.25, 0.3) is 11.1 Å². The summed E-state index contributed by atoms with van der Waals surface area (Å²) >= 11 is 0. The zero-order chi connectivity index (χ0) is 31.4. The number of ether oxygens (including phenoxy) is 6. The molecule has 0 radical (unpaired) electrons. The molecule has 1 aliphatic carbocycles. The summed E-state index contributed by atoms with van der Waals surface area (Å²) < 4.78 is 56.8. The summed E-state index contributed by atoms with van der Waals surface area (Å²) in [5, 5.41) is 0. The molecular weight excluding hydrogens is 586 g/mol. The second kappa shape index (κ2) is 13.1.